The van der Waals surface area contributed by atoms with Gasteiger partial charge in [-0.3, -0.25) is 0 Å². The summed E-state index contributed by atoms with van der Waals surface area (Å²) in [7, 11) is 1.46. The Labute approximate surface area is 126 Å². The molecular weight excluding hydrogens is 321 g/mol. The Kier molecular flexibility index (Phi) is 4.78. The Morgan fingerprint density at radius 2 is 2.05 bits per heavy atom. The molecular formula is C16H17BrFNO. The predicted molar refractivity (Wildman–Crippen MR) is 82.5 cm³/mol. The lowest BCUT2D eigenvalue weighted by Gasteiger charge is -2.15. The summed E-state index contributed by atoms with van der Waals surface area (Å²) < 4.78 is 20.1. The van der Waals surface area contributed by atoms with Crippen molar-refractivity contribution in [2.24, 2.45) is 5.73 Å². The topological polar surface area (TPSA) is 35.2 Å². The van der Waals surface area contributed by atoms with Crippen molar-refractivity contribution in [2.75, 3.05) is 7.11 Å². The number of methoxy groups -OCH3 is 1. The van der Waals surface area contributed by atoms with E-state index >= 15 is 0 Å². The van der Waals surface area contributed by atoms with E-state index in [4.69, 9.17) is 10.5 Å². The molecule has 2 aromatic carbocycles. The molecule has 0 bridgehead atoms. The van der Waals surface area contributed by atoms with E-state index < -0.39 is 0 Å². The second-order valence-corrected chi connectivity index (χ2v) is 5.61. The Morgan fingerprint density at radius 3 is 2.70 bits per heavy atom. The molecule has 2 nitrogen and oxygen atoms in total. The second kappa shape index (κ2) is 6.37. The minimum Gasteiger partial charge on any atom is -0.494 e. The molecule has 2 aromatic rings. The van der Waals surface area contributed by atoms with E-state index in [0.717, 1.165) is 15.6 Å². The van der Waals surface area contributed by atoms with Gasteiger partial charge in [0.15, 0.2) is 11.6 Å². The zero-order chi connectivity index (χ0) is 14.7. The maximum absolute atomic E-state index is 14.1. The Bertz CT molecular complexity index is 615. The largest absolute Gasteiger partial charge is 0.494 e. The van der Waals surface area contributed by atoms with Crippen LogP contribution in [0.25, 0.3) is 0 Å². The summed E-state index contributed by atoms with van der Waals surface area (Å²) in [6, 6.07) is 10.8. The fourth-order valence-electron chi connectivity index (χ4n) is 2.07. The minimum atomic E-state index is -0.336. The highest BCUT2D eigenvalue weighted by molar-refractivity contribution is 9.10. The first kappa shape index (κ1) is 15.0. The van der Waals surface area contributed by atoms with Crippen molar-refractivity contribution in [3.05, 3.63) is 63.4 Å². The molecule has 0 saturated carbocycles. The van der Waals surface area contributed by atoms with Gasteiger partial charge in [0.25, 0.3) is 0 Å². The van der Waals surface area contributed by atoms with E-state index in [0.29, 0.717) is 12.0 Å². The molecule has 1 unspecified atom stereocenters. The summed E-state index contributed by atoms with van der Waals surface area (Å²) in [5.74, 6) is -0.0867. The normalized spacial score (nSPS) is 12.2. The van der Waals surface area contributed by atoms with Gasteiger partial charge in [-0.2, -0.15) is 0 Å². The molecule has 20 heavy (non-hydrogen) atoms. The predicted octanol–water partition coefficient (Wildman–Crippen LogP) is 4.15. The second-order valence-electron chi connectivity index (χ2n) is 4.75. The summed E-state index contributed by atoms with van der Waals surface area (Å²) in [6.45, 7) is 2.01. The van der Waals surface area contributed by atoms with Gasteiger partial charge in [0, 0.05) is 10.5 Å². The Hall–Kier alpha value is -1.39. The van der Waals surface area contributed by atoms with Gasteiger partial charge in [0.1, 0.15) is 0 Å². The molecule has 0 aliphatic rings. The lowest BCUT2D eigenvalue weighted by molar-refractivity contribution is 0.383. The highest BCUT2D eigenvalue weighted by Crippen LogP contribution is 2.26. The van der Waals surface area contributed by atoms with Crippen LogP contribution in [0.2, 0.25) is 0 Å². The van der Waals surface area contributed by atoms with Crippen molar-refractivity contribution in [2.45, 2.75) is 19.4 Å². The molecule has 0 aliphatic carbocycles. The van der Waals surface area contributed by atoms with Crippen molar-refractivity contribution < 1.29 is 9.13 Å². The van der Waals surface area contributed by atoms with Crippen LogP contribution in [0.5, 0.6) is 5.75 Å². The maximum atomic E-state index is 14.1. The van der Waals surface area contributed by atoms with Gasteiger partial charge in [-0.25, -0.2) is 4.39 Å². The Balaban J connectivity index is 2.23. The quantitative estimate of drug-likeness (QED) is 0.909. The number of halogens is 2. The smallest absolute Gasteiger partial charge is 0.168 e. The van der Waals surface area contributed by atoms with Crippen LogP contribution in [-0.2, 0) is 6.42 Å². The summed E-state index contributed by atoms with van der Waals surface area (Å²) in [4.78, 5) is 0. The van der Waals surface area contributed by atoms with Gasteiger partial charge in [-0.1, -0.05) is 40.2 Å². The zero-order valence-corrected chi connectivity index (χ0v) is 13.1. The third-order valence-corrected chi connectivity index (χ3v) is 4.18. The first-order valence-corrected chi connectivity index (χ1v) is 7.15. The molecule has 1 atom stereocenters. The Morgan fingerprint density at radius 1 is 1.30 bits per heavy atom. The van der Waals surface area contributed by atoms with Gasteiger partial charge < -0.3 is 10.5 Å². The molecule has 0 fully saturated rings. The lowest BCUT2D eigenvalue weighted by Crippen LogP contribution is -2.14. The van der Waals surface area contributed by atoms with E-state index in [9.17, 15) is 4.39 Å². The van der Waals surface area contributed by atoms with Gasteiger partial charge >= 0.3 is 0 Å². The fourth-order valence-corrected chi connectivity index (χ4v) is 2.46. The molecule has 106 valence electrons. The molecule has 0 spiro atoms. The van der Waals surface area contributed by atoms with Crippen LogP contribution in [0.4, 0.5) is 4.39 Å². The average molecular weight is 338 g/mol. The van der Waals surface area contributed by atoms with Crippen molar-refractivity contribution in [1.29, 1.82) is 0 Å². The number of ether oxygens (including phenoxy) is 1. The van der Waals surface area contributed by atoms with Crippen LogP contribution in [-0.4, -0.2) is 7.11 Å². The van der Waals surface area contributed by atoms with Gasteiger partial charge in [0.2, 0.25) is 0 Å². The van der Waals surface area contributed by atoms with E-state index in [2.05, 4.69) is 15.9 Å². The molecule has 0 amide bonds. The van der Waals surface area contributed by atoms with Crippen LogP contribution >= 0.6 is 15.9 Å². The molecule has 0 radical (unpaired) electrons. The number of benzene rings is 2. The van der Waals surface area contributed by atoms with Crippen LogP contribution < -0.4 is 10.5 Å². The first-order chi connectivity index (χ1) is 9.52. The van der Waals surface area contributed by atoms with Crippen LogP contribution in [0.1, 0.15) is 22.7 Å². The fraction of sp³-hybridized carbons (Fsp3) is 0.250. The number of nitrogens with two attached hydrogens (primary N) is 1. The van der Waals surface area contributed by atoms with Gasteiger partial charge in [-0.05, 0) is 42.2 Å². The number of hydrogen-bond acceptors (Lipinski definition) is 2. The minimum absolute atomic E-state index is 0.250. The molecule has 0 aromatic heterocycles. The van der Waals surface area contributed by atoms with Crippen molar-refractivity contribution >= 4 is 15.9 Å². The van der Waals surface area contributed by atoms with Crippen molar-refractivity contribution in [3.63, 3.8) is 0 Å². The molecule has 0 heterocycles. The van der Waals surface area contributed by atoms with E-state index in [1.54, 1.807) is 18.2 Å². The lowest BCUT2D eigenvalue weighted by atomic mass is 9.98. The van der Waals surface area contributed by atoms with Crippen molar-refractivity contribution in [1.82, 2.24) is 0 Å². The molecule has 2 rings (SSSR count). The van der Waals surface area contributed by atoms with Gasteiger partial charge in [0.05, 0.1) is 7.11 Å². The summed E-state index contributed by atoms with van der Waals surface area (Å²) in [6.07, 6.45) is 0.429. The average Bonchev–Trinajstić information content (AvgIpc) is 2.44. The molecule has 0 aliphatic heterocycles. The number of aryl methyl sites for hydroxylation is 1. The highest BCUT2D eigenvalue weighted by Gasteiger charge is 2.14. The van der Waals surface area contributed by atoms with E-state index in [1.807, 2.05) is 25.1 Å². The van der Waals surface area contributed by atoms with Crippen LogP contribution in [0.3, 0.4) is 0 Å². The molecule has 2 N–H and O–H groups in total. The summed E-state index contributed by atoms with van der Waals surface area (Å²) >= 11 is 3.49. The molecule has 4 heteroatoms. The third kappa shape index (κ3) is 3.19. The maximum Gasteiger partial charge on any atom is 0.168 e. The van der Waals surface area contributed by atoms with Gasteiger partial charge in [-0.15, -0.1) is 0 Å². The number of rotatable bonds is 4. The van der Waals surface area contributed by atoms with E-state index in [1.165, 1.54) is 7.11 Å². The van der Waals surface area contributed by atoms with Crippen molar-refractivity contribution in [3.8, 4) is 5.75 Å². The monoisotopic (exact) mass is 337 g/mol. The summed E-state index contributed by atoms with van der Waals surface area (Å²) in [5.41, 5.74) is 8.86. The molecule has 0 saturated heterocycles. The van der Waals surface area contributed by atoms with E-state index in [-0.39, 0.29) is 17.6 Å². The highest BCUT2D eigenvalue weighted by atomic mass is 79.9. The zero-order valence-electron chi connectivity index (χ0n) is 11.5. The third-order valence-electron chi connectivity index (χ3n) is 3.33. The summed E-state index contributed by atoms with van der Waals surface area (Å²) in [5, 5.41) is 0. The number of hydrogen-bond donors (Lipinski definition) is 1. The first-order valence-electron chi connectivity index (χ1n) is 6.36. The van der Waals surface area contributed by atoms with Crippen LogP contribution in [0.15, 0.2) is 40.9 Å². The standard InChI is InChI=1S/C16H17BrFNO/c1-10-6-7-11(8-13(10)17)14(19)9-12-4-3-5-15(20-2)16(12)18/h3-8,14H,9,19H2,1-2H3. The SMILES string of the molecule is COc1cccc(CC(N)c2ccc(C)c(Br)c2)c1F. The van der Waals surface area contributed by atoms with Crippen LogP contribution in [0, 0.1) is 12.7 Å².